The van der Waals surface area contributed by atoms with E-state index in [4.69, 9.17) is 4.74 Å². The van der Waals surface area contributed by atoms with Gasteiger partial charge in [0.05, 0.1) is 6.04 Å². The van der Waals surface area contributed by atoms with Crippen molar-refractivity contribution < 1.29 is 19.6 Å². The number of aliphatic hydroxyl groups is 1. The summed E-state index contributed by atoms with van der Waals surface area (Å²) in [6.45, 7) is 4.50. The van der Waals surface area contributed by atoms with E-state index in [0.717, 1.165) is 5.56 Å². The number of carbonyl (C=O) groups excluding carboxylic acids is 1. The van der Waals surface area contributed by atoms with Gasteiger partial charge in [-0.05, 0) is 32.8 Å². The minimum atomic E-state index is -1.30. The summed E-state index contributed by atoms with van der Waals surface area (Å²) in [5.41, 5.74) is 0.168. The number of alkyl carbamates (subject to hydrolysis) is 1. The third-order valence-electron chi connectivity index (χ3n) is 2.80. The predicted molar refractivity (Wildman–Crippen MR) is 81.2 cm³/mol. The monoisotopic (exact) mass is 310 g/mol. The van der Waals surface area contributed by atoms with Gasteiger partial charge in [-0.3, -0.25) is 10.1 Å². The molecule has 0 heterocycles. The quantitative estimate of drug-likeness (QED) is 0.616. The summed E-state index contributed by atoms with van der Waals surface area (Å²) < 4.78 is 5.13. The number of ether oxygens (including phenoxy) is 1. The van der Waals surface area contributed by atoms with E-state index in [1.54, 1.807) is 20.8 Å². The van der Waals surface area contributed by atoms with Crippen LogP contribution in [-0.2, 0) is 11.2 Å². The number of nitrogens with zero attached hydrogens (tertiary/aromatic N) is 1. The van der Waals surface area contributed by atoms with Crippen molar-refractivity contribution in [2.24, 2.45) is 0 Å². The highest BCUT2D eigenvalue weighted by molar-refractivity contribution is 5.68. The molecule has 0 aliphatic heterocycles. The van der Waals surface area contributed by atoms with Crippen LogP contribution in [0.2, 0.25) is 0 Å². The second-order valence-electron chi connectivity index (χ2n) is 6.03. The summed E-state index contributed by atoms with van der Waals surface area (Å²) >= 11 is 0. The molecule has 0 saturated carbocycles. The van der Waals surface area contributed by atoms with Crippen molar-refractivity contribution in [2.45, 2.75) is 44.9 Å². The molecule has 0 radical (unpaired) electrons. The average Bonchev–Trinajstić information content (AvgIpc) is 2.36. The predicted octanol–water partition coefficient (Wildman–Crippen LogP) is 1.76. The van der Waals surface area contributed by atoms with E-state index in [-0.39, 0.29) is 6.42 Å². The van der Waals surface area contributed by atoms with Gasteiger partial charge in [-0.2, -0.15) is 0 Å². The van der Waals surface area contributed by atoms with E-state index in [0.29, 0.717) is 0 Å². The Kier molecular flexibility index (Phi) is 6.30. The molecule has 1 amide bonds. The van der Waals surface area contributed by atoms with Crippen LogP contribution in [0.1, 0.15) is 26.3 Å². The Balaban J connectivity index is 2.77. The first-order valence-electron chi connectivity index (χ1n) is 7.00. The Bertz CT molecular complexity index is 498. The van der Waals surface area contributed by atoms with Crippen LogP contribution >= 0.6 is 0 Å². The third kappa shape index (κ3) is 7.03. The summed E-state index contributed by atoms with van der Waals surface area (Å²) in [6.07, 6.45) is -1.74. The van der Waals surface area contributed by atoms with Gasteiger partial charge in [0.2, 0.25) is 6.54 Å². The number of amides is 1. The normalized spacial score (nSPS) is 14.0. The van der Waals surface area contributed by atoms with Gasteiger partial charge in [0, 0.05) is 4.92 Å². The molecule has 0 bridgehead atoms. The lowest BCUT2D eigenvalue weighted by Crippen LogP contribution is -2.49. The standard InChI is InChI=1S/C15H22N2O5/c1-15(2,3)22-14(19)16-12(13(18)10-17(20)21)9-11-7-5-4-6-8-11/h4-8,12-13,18H,9-10H2,1-3H3,(H,16,19)/t12-,13-/m1/s1. The zero-order valence-corrected chi connectivity index (χ0v) is 13.0. The molecule has 22 heavy (non-hydrogen) atoms. The Labute approximate surface area is 129 Å². The highest BCUT2D eigenvalue weighted by atomic mass is 16.6. The number of benzene rings is 1. The number of hydrogen-bond acceptors (Lipinski definition) is 5. The molecule has 1 rings (SSSR count). The highest BCUT2D eigenvalue weighted by Crippen LogP contribution is 2.10. The number of rotatable bonds is 6. The Hall–Kier alpha value is -2.15. The minimum absolute atomic E-state index is 0.273. The molecule has 0 unspecified atom stereocenters. The fraction of sp³-hybridized carbons (Fsp3) is 0.533. The zero-order valence-electron chi connectivity index (χ0n) is 13.0. The van der Waals surface area contributed by atoms with Gasteiger partial charge in [-0.1, -0.05) is 30.3 Å². The van der Waals surface area contributed by atoms with E-state index in [1.165, 1.54) is 0 Å². The number of hydrogen-bond donors (Lipinski definition) is 2. The summed E-state index contributed by atoms with van der Waals surface area (Å²) in [5, 5.41) is 23.1. The van der Waals surface area contributed by atoms with Crippen molar-refractivity contribution >= 4 is 6.09 Å². The van der Waals surface area contributed by atoms with E-state index < -0.39 is 35.3 Å². The molecule has 0 aromatic heterocycles. The first kappa shape index (κ1) is 17.9. The Morgan fingerprint density at radius 3 is 2.45 bits per heavy atom. The molecule has 0 fully saturated rings. The van der Waals surface area contributed by atoms with Crippen LogP contribution in [0, 0.1) is 10.1 Å². The minimum Gasteiger partial charge on any atom is -0.444 e. The molecule has 0 spiro atoms. The maximum absolute atomic E-state index is 11.8. The lowest BCUT2D eigenvalue weighted by Gasteiger charge is -2.25. The van der Waals surface area contributed by atoms with Gasteiger partial charge >= 0.3 is 6.09 Å². The van der Waals surface area contributed by atoms with Crippen molar-refractivity contribution in [3.05, 3.63) is 46.0 Å². The molecular formula is C15H22N2O5. The van der Waals surface area contributed by atoms with Crippen LogP contribution in [-0.4, -0.2) is 40.4 Å². The van der Waals surface area contributed by atoms with Crippen LogP contribution in [0.3, 0.4) is 0 Å². The van der Waals surface area contributed by atoms with Crippen LogP contribution in [0.5, 0.6) is 0 Å². The summed E-state index contributed by atoms with van der Waals surface area (Å²) in [4.78, 5) is 21.8. The first-order chi connectivity index (χ1) is 10.2. The fourth-order valence-electron chi connectivity index (χ4n) is 1.89. The number of nitro groups is 1. The summed E-state index contributed by atoms with van der Waals surface area (Å²) in [7, 11) is 0. The molecule has 1 aromatic rings. The van der Waals surface area contributed by atoms with E-state index in [2.05, 4.69) is 5.32 Å². The Morgan fingerprint density at radius 1 is 1.36 bits per heavy atom. The molecule has 0 aliphatic rings. The van der Waals surface area contributed by atoms with Gasteiger partial charge in [0.15, 0.2) is 0 Å². The molecule has 7 heteroatoms. The van der Waals surface area contributed by atoms with Crippen LogP contribution in [0.15, 0.2) is 30.3 Å². The number of nitrogens with one attached hydrogen (secondary N) is 1. The molecule has 1 aromatic carbocycles. The van der Waals surface area contributed by atoms with Crippen molar-refractivity contribution in [1.29, 1.82) is 0 Å². The molecule has 2 N–H and O–H groups in total. The smallest absolute Gasteiger partial charge is 0.407 e. The average molecular weight is 310 g/mol. The molecular weight excluding hydrogens is 288 g/mol. The van der Waals surface area contributed by atoms with Crippen molar-refractivity contribution in [2.75, 3.05) is 6.54 Å². The fourth-order valence-corrected chi connectivity index (χ4v) is 1.89. The van der Waals surface area contributed by atoms with Gasteiger partial charge in [0.1, 0.15) is 11.7 Å². The molecule has 122 valence electrons. The van der Waals surface area contributed by atoms with Crippen LogP contribution in [0.4, 0.5) is 4.79 Å². The molecule has 0 saturated heterocycles. The SMILES string of the molecule is CC(C)(C)OC(=O)N[C@H](Cc1ccccc1)[C@H](O)C[N+](=O)[O-]. The largest absolute Gasteiger partial charge is 0.444 e. The topological polar surface area (TPSA) is 102 Å². The van der Waals surface area contributed by atoms with E-state index >= 15 is 0 Å². The first-order valence-corrected chi connectivity index (χ1v) is 7.00. The third-order valence-corrected chi connectivity index (χ3v) is 2.80. The van der Waals surface area contributed by atoms with E-state index in [9.17, 15) is 20.0 Å². The molecule has 7 nitrogen and oxygen atoms in total. The van der Waals surface area contributed by atoms with Crippen LogP contribution in [0.25, 0.3) is 0 Å². The maximum Gasteiger partial charge on any atom is 0.407 e. The lowest BCUT2D eigenvalue weighted by molar-refractivity contribution is -0.491. The van der Waals surface area contributed by atoms with Gasteiger partial charge in [0.25, 0.3) is 0 Å². The lowest BCUT2D eigenvalue weighted by atomic mass is 10.0. The maximum atomic E-state index is 11.8. The molecule has 2 atom stereocenters. The van der Waals surface area contributed by atoms with Gasteiger partial charge < -0.3 is 15.2 Å². The van der Waals surface area contributed by atoms with Crippen molar-refractivity contribution in [3.8, 4) is 0 Å². The summed E-state index contributed by atoms with van der Waals surface area (Å²) in [6, 6.07) is 8.32. The van der Waals surface area contributed by atoms with Crippen LogP contribution < -0.4 is 5.32 Å². The second kappa shape index (κ2) is 7.74. The Morgan fingerprint density at radius 2 is 1.95 bits per heavy atom. The van der Waals surface area contributed by atoms with Gasteiger partial charge in [-0.15, -0.1) is 0 Å². The number of carbonyl (C=O) groups is 1. The van der Waals surface area contributed by atoms with E-state index in [1.807, 2.05) is 30.3 Å². The summed E-state index contributed by atoms with van der Waals surface area (Å²) in [5.74, 6) is 0. The number of aliphatic hydroxyl groups excluding tert-OH is 1. The highest BCUT2D eigenvalue weighted by Gasteiger charge is 2.27. The molecule has 0 aliphatic carbocycles. The van der Waals surface area contributed by atoms with Crippen molar-refractivity contribution in [3.63, 3.8) is 0 Å². The van der Waals surface area contributed by atoms with Crippen molar-refractivity contribution in [1.82, 2.24) is 5.32 Å². The van der Waals surface area contributed by atoms with Gasteiger partial charge in [-0.25, -0.2) is 4.79 Å². The zero-order chi connectivity index (χ0) is 16.8. The second-order valence-corrected chi connectivity index (χ2v) is 6.03.